The summed E-state index contributed by atoms with van der Waals surface area (Å²) in [5.41, 5.74) is 6.19. The minimum Gasteiger partial charge on any atom is -0.473 e. The van der Waals surface area contributed by atoms with Crippen molar-refractivity contribution in [2.24, 2.45) is 0 Å². The number of anilines is 1. The molecule has 23 heavy (non-hydrogen) atoms. The number of hydrogen-bond acceptors (Lipinski definition) is 7. The van der Waals surface area contributed by atoms with Gasteiger partial charge in [0.2, 0.25) is 0 Å². The Morgan fingerprint density at radius 3 is 2.87 bits per heavy atom. The molecule has 4 N–H and O–H groups in total. The Bertz CT molecular complexity index is 677. The van der Waals surface area contributed by atoms with E-state index < -0.39 is 17.7 Å². The Labute approximate surface area is 133 Å². The molecule has 1 amide bonds. The Morgan fingerprint density at radius 2 is 2.22 bits per heavy atom. The van der Waals surface area contributed by atoms with Crippen LogP contribution in [0.4, 0.5) is 10.5 Å². The van der Waals surface area contributed by atoms with E-state index in [-0.39, 0.29) is 19.1 Å². The van der Waals surface area contributed by atoms with Crippen LogP contribution in [0.5, 0.6) is 5.88 Å². The molecule has 8 heteroatoms. The molecule has 8 nitrogen and oxygen atoms in total. The number of aliphatic hydroxyl groups is 1. The Kier molecular flexibility index (Phi) is 4.95. The van der Waals surface area contributed by atoms with Crippen LogP contribution in [0.15, 0.2) is 22.7 Å². The number of aliphatic hydroxyl groups excluding tert-OH is 1. The predicted octanol–water partition coefficient (Wildman–Crippen LogP) is 1.67. The first-order valence-corrected chi connectivity index (χ1v) is 7.16. The van der Waals surface area contributed by atoms with Gasteiger partial charge in [0.05, 0.1) is 18.0 Å². The highest BCUT2D eigenvalue weighted by atomic mass is 16.6. The van der Waals surface area contributed by atoms with Crippen LogP contribution in [0.25, 0.3) is 11.0 Å². The number of nitrogens with two attached hydrogens (primary N) is 1. The maximum Gasteiger partial charge on any atom is 0.408 e. The van der Waals surface area contributed by atoms with Gasteiger partial charge in [-0.05, 0) is 44.1 Å². The first kappa shape index (κ1) is 16.9. The first-order chi connectivity index (χ1) is 10.8. The van der Waals surface area contributed by atoms with Crippen molar-refractivity contribution < 1.29 is 23.9 Å². The summed E-state index contributed by atoms with van der Waals surface area (Å²) in [6.45, 7) is 4.96. The van der Waals surface area contributed by atoms with E-state index in [4.69, 9.17) is 19.7 Å². The zero-order valence-electron chi connectivity index (χ0n) is 13.3. The van der Waals surface area contributed by atoms with Gasteiger partial charge in [-0.25, -0.2) is 4.79 Å². The summed E-state index contributed by atoms with van der Waals surface area (Å²) in [5.74, 6) is 0.247. The highest BCUT2D eigenvalue weighted by Crippen LogP contribution is 2.26. The third-order valence-corrected chi connectivity index (χ3v) is 2.82. The number of aromatic nitrogens is 1. The van der Waals surface area contributed by atoms with E-state index in [1.807, 2.05) is 0 Å². The summed E-state index contributed by atoms with van der Waals surface area (Å²) in [4.78, 5) is 11.7. The number of amides is 1. The zero-order valence-corrected chi connectivity index (χ0v) is 13.3. The van der Waals surface area contributed by atoms with Crippen LogP contribution >= 0.6 is 0 Å². The van der Waals surface area contributed by atoms with E-state index in [0.29, 0.717) is 16.7 Å². The molecule has 0 saturated heterocycles. The van der Waals surface area contributed by atoms with Crippen molar-refractivity contribution in [3.8, 4) is 5.88 Å². The molecular formula is C15H21N3O5. The number of fused-ring (bicyclic) bond motifs is 1. The van der Waals surface area contributed by atoms with Gasteiger partial charge in [0, 0.05) is 5.69 Å². The average Bonchev–Trinajstić information content (AvgIpc) is 2.83. The number of hydrogen-bond donors (Lipinski definition) is 3. The summed E-state index contributed by atoms with van der Waals surface area (Å²) in [6.07, 6.45) is -0.630. The van der Waals surface area contributed by atoms with E-state index in [9.17, 15) is 9.90 Å². The fourth-order valence-corrected chi connectivity index (χ4v) is 1.83. The van der Waals surface area contributed by atoms with Crippen molar-refractivity contribution in [1.82, 2.24) is 10.5 Å². The minimum atomic E-state index is -0.641. The van der Waals surface area contributed by atoms with Crippen LogP contribution in [-0.2, 0) is 4.74 Å². The van der Waals surface area contributed by atoms with E-state index in [1.165, 1.54) is 0 Å². The first-order valence-electron chi connectivity index (χ1n) is 7.16. The van der Waals surface area contributed by atoms with Crippen molar-refractivity contribution in [3.63, 3.8) is 0 Å². The number of benzene rings is 1. The van der Waals surface area contributed by atoms with Gasteiger partial charge in [-0.15, -0.1) is 0 Å². The van der Waals surface area contributed by atoms with Gasteiger partial charge in [0.15, 0.2) is 5.58 Å². The maximum absolute atomic E-state index is 11.7. The molecule has 0 radical (unpaired) electrons. The third kappa shape index (κ3) is 4.75. The van der Waals surface area contributed by atoms with Crippen molar-refractivity contribution in [2.75, 3.05) is 18.9 Å². The Balaban J connectivity index is 1.97. The van der Waals surface area contributed by atoms with Crippen LogP contribution < -0.4 is 15.8 Å². The topological polar surface area (TPSA) is 120 Å². The minimum absolute atomic E-state index is 0.00613. The van der Waals surface area contributed by atoms with Gasteiger partial charge < -0.3 is 30.2 Å². The molecule has 0 saturated carbocycles. The predicted molar refractivity (Wildman–Crippen MR) is 84.2 cm³/mol. The van der Waals surface area contributed by atoms with Gasteiger partial charge >= 0.3 is 6.09 Å². The van der Waals surface area contributed by atoms with Crippen LogP contribution in [0.2, 0.25) is 0 Å². The summed E-state index contributed by atoms with van der Waals surface area (Å²) >= 11 is 0. The molecule has 1 atom stereocenters. The number of carbonyl (C=O) groups excluding carboxylic acids is 1. The Hall–Kier alpha value is -2.48. The van der Waals surface area contributed by atoms with E-state index in [2.05, 4.69) is 10.5 Å². The number of alkyl carbamates (subject to hydrolysis) is 1. The monoisotopic (exact) mass is 323 g/mol. The number of carbonyl (C=O) groups is 1. The molecule has 0 bridgehead atoms. The molecule has 1 aromatic heterocycles. The van der Waals surface area contributed by atoms with Gasteiger partial charge in [-0.3, -0.25) is 0 Å². The van der Waals surface area contributed by atoms with Gasteiger partial charge in [-0.1, -0.05) is 0 Å². The average molecular weight is 323 g/mol. The fourth-order valence-electron chi connectivity index (χ4n) is 1.83. The van der Waals surface area contributed by atoms with Gasteiger partial charge in [0.25, 0.3) is 5.88 Å². The lowest BCUT2D eigenvalue weighted by Crippen LogP contribution is -2.44. The van der Waals surface area contributed by atoms with Crippen LogP contribution in [-0.4, -0.2) is 41.2 Å². The summed E-state index contributed by atoms with van der Waals surface area (Å²) in [7, 11) is 0. The lowest BCUT2D eigenvalue weighted by Gasteiger charge is -2.22. The number of ether oxygens (including phenoxy) is 2. The second-order valence-corrected chi connectivity index (χ2v) is 6.08. The molecule has 0 fully saturated rings. The lowest BCUT2D eigenvalue weighted by molar-refractivity contribution is 0.0456. The summed E-state index contributed by atoms with van der Waals surface area (Å²) in [5, 5.41) is 16.3. The number of rotatable bonds is 5. The number of nitrogens with zero attached hydrogens (tertiary/aromatic N) is 1. The molecule has 2 aromatic rings. The quantitative estimate of drug-likeness (QED) is 0.716. The molecule has 0 spiro atoms. The second kappa shape index (κ2) is 6.74. The zero-order chi connectivity index (χ0) is 17.0. The second-order valence-electron chi connectivity index (χ2n) is 6.08. The van der Waals surface area contributed by atoms with Crippen LogP contribution in [0.1, 0.15) is 20.8 Å². The summed E-state index contributed by atoms with van der Waals surface area (Å²) < 4.78 is 15.7. The highest BCUT2D eigenvalue weighted by Gasteiger charge is 2.20. The van der Waals surface area contributed by atoms with Crippen LogP contribution in [0, 0.1) is 0 Å². The van der Waals surface area contributed by atoms with Gasteiger partial charge in [-0.2, -0.15) is 0 Å². The molecule has 0 aliphatic rings. The molecule has 1 aromatic carbocycles. The SMILES string of the molecule is CC(C)(C)OC(=O)NC(CO)COc1noc2ccc(N)cc12. The molecule has 126 valence electrons. The third-order valence-electron chi connectivity index (χ3n) is 2.82. The molecule has 1 heterocycles. The van der Waals surface area contributed by atoms with Crippen molar-refractivity contribution in [3.05, 3.63) is 18.2 Å². The smallest absolute Gasteiger partial charge is 0.408 e. The molecular weight excluding hydrogens is 302 g/mol. The van der Waals surface area contributed by atoms with Crippen molar-refractivity contribution >= 4 is 22.7 Å². The summed E-state index contributed by atoms with van der Waals surface area (Å²) in [6, 6.07) is 4.42. The van der Waals surface area contributed by atoms with E-state index in [1.54, 1.807) is 39.0 Å². The molecule has 0 aliphatic heterocycles. The normalized spacial score (nSPS) is 12.9. The standard InChI is InChI=1S/C15H21N3O5/c1-15(2,3)22-14(20)17-10(7-19)8-21-13-11-6-9(16)4-5-12(11)23-18-13/h4-6,10,19H,7-8,16H2,1-3H3,(H,17,20). The fraction of sp³-hybridized carbons (Fsp3) is 0.467. The van der Waals surface area contributed by atoms with E-state index >= 15 is 0 Å². The molecule has 2 rings (SSSR count). The van der Waals surface area contributed by atoms with Gasteiger partial charge in [0.1, 0.15) is 12.2 Å². The lowest BCUT2D eigenvalue weighted by atomic mass is 10.2. The van der Waals surface area contributed by atoms with Crippen molar-refractivity contribution in [1.29, 1.82) is 0 Å². The Morgan fingerprint density at radius 1 is 1.48 bits per heavy atom. The molecule has 0 aliphatic carbocycles. The van der Waals surface area contributed by atoms with Crippen LogP contribution in [0.3, 0.4) is 0 Å². The number of nitrogens with one attached hydrogen (secondary N) is 1. The van der Waals surface area contributed by atoms with E-state index in [0.717, 1.165) is 0 Å². The highest BCUT2D eigenvalue weighted by molar-refractivity contribution is 5.85. The maximum atomic E-state index is 11.7. The van der Waals surface area contributed by atoms with Crippen molar-refractivity contribution in [2.45, 2.75) is 32.4 Å². The molecule has 1 unspecified atom stereocenters. The largest absolute Gasteiger partial charge is 0.473 e. The number of nitrogen functional groups attached to an aromatic ring is 1.